The third-order valence-electron chi connectivity index (χ3n) is 2.73. The van der Waals surface area contributed by atoms with E-state index in [0.717, 1.165) is 16.4 Å². The second-order valence-corrected chi connectivity index (χ2v) is 8.29. The molecule has 2 aromatic rings. The molecule has 0 fully saturated rings. The summed E-state index contributed by atoms with van der Waals surface area (Å²) in [4.78, 5) is 2.62. The molecule has 0 aliphatic heterocycles. The molecule has 98 valence electrons. The van der Waals surface area contributed by atoms with Crippen LogP contribution in [0.25, 0.3) is 0 Å². The molecule has 2 heterocycles. The van der Waals surface area contributed by atoms with Gasteiger partial charge in [-0.15, -0.1) is 22.7 Å². The Bertz CT molecular complexity index is 462. The van der Waals surface area contributed by atoms with Crippen LogP contribution in [0.1, 0.15) is 33.8 Å². The zero-order chi connectivity index (χ0) is 13.3. The SMILES string of the molecule is CCNC(c1cc(C)c(Cl)s1)c1cc(C)c(Br)s1. The minimum absolute atomic E-state index is 0.251. The highest BCUT2D eigenvalue weighted by Gasteiger charge is 2.19. The predicted molar refractivity (Wildman–Crippen MR) is 86.3 cm³/mol. The van der Waals surface area contributed by atoms with Gasteiger partial charge in [0.25, 0.3) is 0 Å². The van der Waals surface area contributed by atoms with Gasteiger partial charge in [-0.2, -0.15) is 0 Å². The zero-order valence-corrected chi connectivity index (χ0v) is 14.5. The Morgan fingerprint density at radius 3 is 2.28 bits per heavy atom. The van der Waals surface area contributed by atoms with Gasteiger partial charge >= 0.3 is 0 Å². The van der Waals surface area contributed by atoms with Gasteiger partial charge in [-0.25, -0.2) is 0 Å². The Kier molecular flexibility index (Phi) is 4.89. The third kappa shape index (κ3) is 2.99. The van der Waals surface area contributed by atoms with E-state index in [1.807, 2.05) is 0 Å². The van der Waals surface area contributed by atoms with Crippen molar-refractivity contribution >= 4 is 50.2 Å². The first-order valence-corrected chi connectivity index (χ1v) is 8.58. The van der Waals surface area contributed by atoms with E-state index in [1.165, 1.54) is 19.1 Å². The molecule has 0 radical (unpaired) electrons. The summed E-state index contributed by atoms with van der Waals surface area (Å²) >= 11 is 13.2. The molecule has 2 aromatic heterocycles. The van der Waals surface area contributed by atoms with Crippen LogP contribution in [0, 0.1) is 13.8 Å². The number of hydrogen-bond acceptors (Lipinski definition) is 3. The highest BCUT2D eigenvalue weighted by atomic mass is 79.9. The van der Waals surface area contributed by atoms with Crippen molar-refractivity contribution in [3.05, 3.63) is 41.1 Å². The van der Waals surface area contributed by atoms with Crippen LogP contribution in [0.5, 0.6) is 0 Å². The first kappa shape index (κ1) is 14.5. The van der Waals surface area contributed by atoms with Gasteiger partial charge in [0.05, 0.1) is 14.2 Å². The molecule has 0 aromatic carbocycles. The van der Waals surface area contributed by atoms with Crippen LogP contribution in [0.2, 0.25) is 4.34 Å². The standard InChI is InChI=1S/C13H15BrClNS2/c1-4-16-11(9-5-7(2)12(14)17-9)10-6-8(3)13(15)18-10/h5-6,11,16H,4H2,1-3H3. The van der Waals surface area contributed by atoms with Crippen molar-refractivity contribution in [1.82, 2.24) is 5.32 Å². The molecule has 0 amide bonds. The van der Waals surface area contributed by atoms with Gasteiger partial charge in [0.1, 0.15) is 0 Å². The second kappa shape index (κ2) is 6.06. The number of thiophene rings is 2. The smallest absolute Gasteiger partial charge is 0.0961 e. The van der Waals surface area contributed by atoms with Crippen molar-refractivity contribution in [2.45, 2.75) is 26.8 Å². The van der Waals surface area contributed by atoms with E-state index in [4.69, 9.17) is 11.6 Å². The van der Waals surface area contributed by atoms with Gasteiger partial charge in [0.15, 0.2) is 0 Å². The monoisotopic (exact) mass is 363 g/mol. The van der Waals surface area contributed by atoms with E-state index in [2.05, 4.69) is 54.2 Å². The van der Waals surface area contributed by atoms with Crippen molar-refractivity contribution in [2.24, 2.45) is 0 Å². The quantitative estimate of drug-likeness (QED) is 0.751. The maximum absolute atomic E-state index is 6.18. The largest absolute Gasteiger partial charge is 0.305 e. The normalized spacial score (nSPS) is 12.9. The summed E-state index contributed by atoms with van der Waals surface area (Å²) in [5, 5.41) is 3.54. The molecule has 0 saturated heterocycles. The van der Waals surface area contributed by atoms with Gasteiger partial charge in [0, 0.05) is 9.75 Å². The fourth-order valence-corrected chi connectivity index (χ4v) is 4.85. The summed E-state index contributed by atoms with van der Waals surface area (Å²) in [6.07, 6.45) is 0. The van der Waals surface area contributed by atoms with E-state index in [1.54, 1.807) is 22.7 Å². The summed E-state index contributed by atoms with van der Waals surface area (Å²) in [5.74, 6) is 0. The fraction of sp³-hybridized carbons (Fsp3) is 0.385. The van der Waals surface area contributed by atoms with Gasteiger partial charge in [-0.1, -0.05) is 18.5 Å². The first-order chi connectivity index (χ1) is 8.52. The topological polar surface area (TPSA) is 12.0 Å². The van der Waals surface area contributed by atoms with E-state index < -0.39 is 0 Å². The first-order valence-electron chi connectivity index (χ1n) is 5.78. The van der Waals surface area contributed by atoms with Gasteiger partial charge in [0.2, 0.25) is 0 Å². The Balaban J connectivity index is 2.39. The number of aryl methyl sites for hydroxylation is 2. The summed E-state index contributed by atoms with van der Waals surface area (Å²) in [7, 11) is 0. The van der Waals surface area contributed by atoms with Crippen LogP contribution in [-0.2, 0) is 0 Å². The lowest BCUT2D eigenvalue weighted by Crippen LogP contribution is -2.20. The van der Waals surface area contributed by atoms with Crippen LogP contribution in [0.15, 0.2) is 15.9 Å². The molecule has 1 nitrogen and oxygen atoms in total. The van der Waals surface area contributed by atoms with Gasteiger partial charge in [-0.3, -0.25) is 0 Å². The maximum Gasteiger partial charge on any atom is 0.0961 e. The third-order valence-corrected chi connectivity index (χ3v) is 6.55. The predicted octanol–water partition coefficient (Wildman–Crippen LogP) is 5.54. The summed E-state index contributed by atoms with van der Waals surface area (Å²) in [5.41, 5.74) is 2.45. The van der Waals surface area contributed by atoms with E-state index in [0.29, 0.717) is 0 Å². The molecule has 2 rings (SSSR count). The number of rotatable bonds is 4. The average molecular weight is 365 g/mol. The zero-order valence-electron chi connectivity index (χ0n) is 10.5. The second-order valence-electron chi connectivity index (χ2n) is 4.20. The molecule has 1 atom stereocenters. The lowest BCUT2D eigenvalue weighted by atomic mass is 10.1. The molecular formula is C13H15BrClNS2. The molecule has 0 spiro atoms. The fourth-order valence-electron chi connectivity index (χ4n) is 1.80. The summed E-state index contributed by atoms with van der Waals surface area (Å²) < 4.78 is 2.10. The Morgan fingerprint density at radius 2 is 1.83 bits per heavy atom. The number of nitrogens with one attached hydrogen (secondary N) is 1. The average Bonchev–Trinajstić information content (AvgIpc) is 2.81. The highest BCUT2D eigenvalue weighted by Crippen LogP contribution is 2.38. The molecule has 0 saturated carbocycles. The molecule has 18 heavy (non-hydrogen) atoms. The van der Waals surface area contributed by atoms with E-state index in [-0.39, 0.29) is 6.04 Å². The lowest BCUT2D eigenvalue weighted by molar-refractivity contribution is 0.648. The Morgan fingerprint density at radius 1 is 1.22 bits per heavy atom. The van der Waals surface area contributed by atoms with Crippen molar-refractivity contribution in [3.63, 3.8) is 0 Å². The molecule has 5 heteroatoms. The van der Waals surface area contributed by atoms with Crippen LogP contribution in [0.4, 0.5) is 0 Å². The van der Waals surface area contributed by atoms with Crippen molar-refractivity contribution < 1.29 is 0 Å². The van der Waals surface area contributed by atoms with E-state index >= 15 is 0 Å². The molecular weight excluding hydrogens is 350 g/mol. The number of hydrogen-bond donors (Lipinski definition) is 1. The van der Waals surface area contributed by atoms with Crippen LogP contribution < -0.4 is 5.32 Å². The van der Waals surface area contributed by atoms with Gasteiger partial charge in [-0.05, 0) is 59.6 Å². The summed E-state index contributed by atoms with van der Waals surface area (Å²) in [6, 6.07) is 4.68. The van der Waals surface area contributed by atoms with Crippen molar-refractivity contribution in [3.8, 4) is 0 Å². The van der Waals surface area contributed by atoms with Crippen molar-refractivity contribution in [1.29, 1.82) is 0 Å². The van der Waals surface area contributed by atoms with E-state index in [9.17, 15) is 0 Å². The highest BCUT2D eigenvalue weighted by molar-refractivity contribution is 9.11. The van der Waals surface area contributed by atoms with Gasteiger partial charge < -0.3 is 5.32 Å². The molecule has 1 N–H and O–H groups in total. The minimum Gasteiger partial charge on any atom is -0.305 e. The Labute approximate surface area is 129 Å². The maximum atomic E-state index is 6.18. The van der Waals surface area contributed by atoms with Crippen LogP contribution in [-0.4, -0.2) is 6.54 Å². The molecule has 0 bridgehead atoms. The van der Waals surface area contributed by atoms with Crippen molar-refractivity contribution in [2.75, 3.05) is 6.54 Å². The molecule has 1 unspecified atom stereocenters. The van der Waals surface area contributed by atoms with Crippen LogP contribution >= 0.6 is 50.2 Å². The van der Waals surface area contributed by atoms with Crippen LogP contribution in [0.3, 0.4) is 0 Å². The lowest BCUT2D eigenvalue weighted by Gasteiger charge is -2.14. The molecule has 0 aliphatic rings. The molecule has 0 aliphatic carbocycles. The number of halogens is 2. The Hall–Kier alpha value is 0.130. The minimum atomic E-state index is 0.251. The summed E-state index contributed by atoms with van der Waals surface area (Å²) in [6.45, 7) is 7.25.